The molecule has 0 bridgehead atoms. The van der Waals surface area contributed by atoms with E-state index in [1.54, 1.807) is 0 Å². The van der Waals surface area contributed by atoms with Crippen LogP contribution in [0.5, 0.6) is 0 Å². The SMILES string of the molecule is Cc1cccc(CCCCO)n1. The second-order valence-corrected chi connectivity index (χ2v) is 2.95. The van der Waals surface area contributed by atoms with Gasteiger partial charge >= 0.3 is 0 Å². The van der Waals surface area contributed by atoms with E-state index in [2.05, 4.69) is 4.98 Å². The second-order valence-electron chi connectivity index (χ2n) is 2.95. The van der Waals surface area contributed by atoms with E-state index < -0.39 is 0 Å². The Morgan fingerprint density at radius 1 is 1.33 bits per heavy atom. The fraction of sp³-hybridized carbons (Fsp3) is 0.500. The van der Waals surface area contributed by atoms with Crippen LogP contribution >= 0.6 is 0 Å². The Labute approximate surface area is 73.3 Å². The van der Waals surface area contributed by atoms with Gasteiger partial charge in [-0.15, -0.1) is 0 Å². The average Bonchev–Trinajstić information content (AvgIpc) is 2.05. The molecular weight excluding hydrogens is 150 g/mol. The van der Waals surface area contributed by atoms with Crippen molar-refractivity contribution in [3.05, 3.63) is 29.6 Å². The Morgan fingerprint density at radius 3 is 2.83 bits per heavy atom. The van der Waals surface area contributed by atoms with Gasteiger partial charge in [0.2, 0.25) is 0 Å². The summed E-state index contributed by atoms with van der Waals surface area (Å²) in [6.45, 7) is 2.28. The van der Waals surface area contributed by atoms with Crippen LogP contribution in [0.15, 0.2) is 18.2 Å². The molecule has 0 amide bonds. The Balaban J connectivity index is 2.41. The highest BCUT2D eigenvalue weighted by Crippen LogP contribution is 2.02. The molecule has 0 radical (unpaired) electrons. The maximum Gasteiger partial charge on any atom is 0.0431 e. The van der Waals surface area contributed by atoms with Gasteiger partial charge in [0.25, 0.3) is 0 Å². The predicted molar refractivity (Wildman–Crippen MR) is 49.0 cm³/mol. The summed E-state index contributed by atoms with van der Waals surface area (Å²) >= 11 is 0. The Hall–Kier alpha value is -0.890. The molecule has 0 aliphatic carbocycles. The van der Waals surface area contributed by atoms with Crippen molar-refractivity contribution < 1.29 is 5.11 Å². The van der Waals surface area contributed by atoms with Crippen molar-refractivity contribution in [3.8, 4) is 0 Å². The summed E-state index contributed by atoms with van der Waals surface area (Å²) in [6.07, 6.45) is 2.87. The van der Waals surface area contributed by atoms with Crippen LogP contribution in [0.2, 0.25) is 0 Å². The highest BCUT2D eigenvalue weighted by Gasteiger charge is 1.93. The van der Waals surface area contributed by atoms with E-state index in [1.165, 1.54) is 0 Å². The van der Waals surface area contributed by atoms with Gasteiger partial charge in [0.05, 0.1) is 0 Å². The second kappa shape index (κ2) is 4.88. The van der Waals surface area contributed by atoms with Gasteiger partial charge in [0, 0.05) is 18.0 Å². The first-order chi connectivity index (χ1) is 5.83. The fourth-order valence-corrected chi connectivity index (χ4v) is 1.16. The molecule has 0 spiro atoms. The van der Waals surface area contributed by atoms with Gasteiger partial charge in [-0.2, -0.15) is 0 Å². The lowest BCUT2D eigenvalue weighted by atomic mass is 10.2. The molecule has 66 valence electrons. The summed E-state index contributed by atoms with van der Waals surface area (Å²) in [5.74, 6) is 0. The van der Waals surface area contributed by atoms with Crippen LogP contribution < -0.4 is 0 Å². The van der Waals surface area contributed by atoms with Crippen molar-refractivity contribution >= 4 is 0 Å². The van der Waals surface area contributed by atoms with Crippen LogP contribution in [0.3, 0.4) is 0 Å². The van der Waals surface area contributed by atoms with Crippen LogP contribution in [0.25, 0.3) is 0 Å². The van der Waals surface area contributed by atoms with Crippen LogP contribution in [0, 0.1) is 6.92 Å². The number of hydrogen-bond donors (Lipinski definition) is 1. The molecule has 1 aromatic rings. The summed E-state index contributed by atoms with van der Waals surface area (Å²) < 4.78 is 0. The van der Waals surface area contributed by atoms with Crippen molar-refractivity contribution in [1.29, 1.82) is 0 Å². The van der Waals surface area contributed by atoms with Crippen LogP contribution in [-0.2, 0) is 6.42 Å². The van der Waals surface area contributed by atoms with Gasteiger partial charge in [0.15, 0.2) is 0 Å². The molecule has 2 nitrogen and oxygen atoms in total. The molecule has 1 aromatic heterocycles. The largest absolute Gasteiger partial charge is 0.396 e. The molecule has 1 rings (SSSR count). The molecule has 0 saturated carbocycles. The monoisotopic (exact) mass is 165 g/mol. The van der Waals surface area contributed by atoms with Crippen LogP contribution in [0.4, 0.5) is 0 Å². The molecule has 0 saturated heterocycles. The molecule has 0 aliphatic rings. The standard InChI is InChI=1S/C10H15NO/c1-9-5-4-7-10(11-9)6-2-3-8-12/h4-5,7,12H,2-3,6,8H2,1H3. The van der Waals surface area contributed by atoms with E-state index in [4.69, 9.17) is 5.11 Å². The number of nitrogens with zero attached hydrogens (tertiary/aromatic N) is 1. The number of pyridine rings is 1. The van der Waals surface area contributed by atoms with Gasteiger partial charge in [-0.25, -0.2) is 0 Å². The number of unbranched alkanes of at least 4 members (excludes halogenated alkanes) is 1. The average molecular weight is 165 g/mol. The number of rotatable bonds is 4. The summed E-state index contributed by atoms with van der Waals surface area (Å²) in [5, 5.41) is 8.58. The molecule has 2 heteroatoms. The van der Waals surface area contributed by atoms with E-state index in [1.807, 2.05) is 25.1 Å². The molecule has 0 aromatic carbocycles. The number of aryl methyl sites for hydroxylation is 2. The Morgan fingerprint density at radius 2 is 2.17 bits per heavy atom. The molecular formula is C10H15NO. The third-order valence-corrected chi connectivity index (χ3v) is 1.79. The molecule has 0 atom stereocenters. The highest BCUT2D eigenvalue weighted by molar-refractivity contribution is 5.09. The first kappa shape index (κ1) is 9.20. The van der Waals surface area contributed by atoms with Crippen molar-refractivity contribution in [2.75, 3.05) is 6.61 Å². The zero-order valence-corrected chi connectivity index (χ0v) is 7.45. The number of aliphatic hydroxyl groups excluding tert-OH is 1. The molecule has 1 heterocycles. The van der Waals surface area contributed by atoms with E-state index in [-0.39, 0.29) is 6.61 Å². The summed E-state index contributed by atoms with van der Waals surface area (Å²) in [7, 11) is 0. The number of aliphatic hydroxyl groups is 1. The topological polar surface area (TPSA) is 33.1 Å². The maximum absolute atomic E-state index is 8.58. The zero-order chi connectivity index (χ0) is 8.81. The van der Waals surface area contributed by atoms with Crippen molar-refractivity contribution in [1.82, 2.24) is 4.98 Å². The third kappa shape index (κ3) is 3.01. The molecule has 0 fully saturated rings. The van der Waals surface area contributed by atoms with Crippen molar-refractivity contribution in [2.45, 2.75) is 26.2 Å². The Bertz CT molecular complexity index is 235. The third-order valence-electron chi connectivity index (χ3n) is 1.79. The molecule has 0 aliphatic heterocycles. The first-order valence-electron chi connectivity index (χ1n) is 4.36. The van der Waals surface area contributed by atoms with Gasteiger partial charge in [0.1, 0.15) is 0 Å². The van der Waals surface area contributed by atoms with Gasteiger partial charge in [-0.05, 0) is 38.3 Å². The fourth-order valence-electron chi connectivity index (χ4n) is 1.16. The number of hydrogen-bond acceptors (Lipinski definition) is 2. The lowest BCUT2D eigenvalue weighted by Crippen LogP contribution is -1.93. The van der Waals surface area contributed by atoms with Gasteiger partial charge in [-0.1, -0.05) is 6.07 Å². The summed E-state index contributed by atoms with van der Waals surface area (Å²) in [6, 6.07) is 6.05. The predicted octanol–water partition coefficient (Wildman–Crippen LogP) is 1.71. The highest BCUT2D eigenvalue weighted by atomic mass is 16.2. The minimum atomic E-state index is 0.284. The first-order valence-corrected chi connectivity index (χ1v) is 4.36. The van der Waals surface area contributed by atoms with E-state index in [0.29, 0.717) is 0 Å². The van der Waals surface area contributed by atoms with E-state index >= 15 is 0 Å². The lowest BCUT2D eigenvalue weighted by molar-refractivity contribution is 0.284. The smallest absolute Gasteiger partial charge is 0.0431 e. The number of aromatic nitrogens is 1. The summed E-state index contributed by atoms with van der Waals surface area (Å²) in [4.78, 5) is 4.36. The van der Waals surface area contributed by atoms with Gasteiger partial charge < -0.3 is 5.11 Å². The minimum Gasteiger partial charge on any atom is -0.396 e. The van der Waals surface area contributed by atoms with E-state index in [0.717, 1.165) is 30.7 Å². The zero-order valence-electron chi connectivity index (χ0n) is 7.45. The van der Waals surface area contributed by atoms with Crippen molar-refractivity contribution in [3.63, 3.8) is 0 Å². The maximum atomic E-state index is 8.58. The quantitative estimate of drug-likeness (QED) is 0.689. The molecule has 12 heavy (non-hydrogen) atoms. The molecule has 0 unspecified atom stereocenters. The normalized spacial score (nSPS) is 10.2. The Kier molecular flexibility index (Phi) is 3.74. The van der Waals surface area contributed by atoms with Crippen LogP contribution in [0.1, 0.15) is 24.2 Å². The van der Waals surface area contributed by atoms with Gasteiger partial charge in [-0.3, -0.25) is 4.98 Å². The van der Waals surface area contributed by atoms with Crippen molar-refractivity contribution in [2.24, 2.45) is 0 Å². The van der Waals surface area contributed by atoms with E-state index in [9.17, 15) is 0 Å². The summed E-state index contributed by atoms with van der Waals surface area (Å²) in [5.41, 5.74) is 2.19. The minimum absolute atomic E-state index is 0.284. The van der Waals surface area contributed by atoms with Crippen LogP contribution in [-0.4, -0.2) is 16.7 Å². The lowest BCUT2D eigenvalue weighted by Gasteiger charge is -1.99. The molecule has 1 N–H and O–H groups in total.